The van der Waals surface area contributed by atoms with Crippen LogP contribution in [0.3, 0.4) is 0 Å². The molecule has 0 fully saturated rings. The fourth-order valence-electron chi connectivity index (χ4n) is 4.68. The van der Waals surface area contributed by atoms with Crippen molar-refractivity contribution in [1.82, 2.24) is 14.5 Å². The van der Waals surface area contributed by atoms with E-state index in [1.165, 1.54) is 0 Å². The molecule has 0 saturated heterocycles. The first-order chi connectivity index (χ1) is 16.5. The maximum absolute atomic E-state index is 13.8. The molecule has 34 heavy (non-hydrogen) atoms. The largest absolute Gasteiger partial charge is 0.333 e. The minimum absolute atomic E-state index is 0.0439. The second-order valence-corrected chi connectivity index (χ2v) is 8.59. The fraction of sp³-hybridized carbons (Fsp3) is 0.276. The Hall–Kier alpha value is -3.73. The van der Waals surface area contributed by atoms with Crippen LogP contribution in [0.1, 0.15) is 56.1 Å². The van der Waals surface area contributed by atoms with Crippen LogP contribution in [0.2, 0.25) is 0 Å². The zero-order valence-electron chi connectivity index (χ0n) is 20.2. The molecule has 1 heterocycles. The lowest BCUT2D eigenvalue weighted by Crippen LogP contribution is -2.39. The normalized spacial score (nSPS) is 12.9. The molecule has 0 aliphatic heterocycles. The van der Waals surface area contributed by atoms with E-state index in [1.807, 2.05) is 105 Å². The van der Waals surface area contributed by atoms with Gasteiger partial charge in [-0.15, -0.1) is 0 Å². The van der Waals surface area contributed by atoms with Crippen molar-refractivity contribution in [3.63, 3.8) is 0 Å². The van der Waals surface area contributed by atoms with Crippen LogP contribution in [-0.4, -0.2) is 26.9 Å². The smallest absolute Gasteiger partial charge is 0.266 e. The summed E-state index contributed by atoms with van der Waals surface area (Å²) in [7, 11) is 0. The quantitative estimate of drug-likeness (QED) is 0.355. The maximum Gasteiger partial charge on any atom is 0.266 e. The van der Waals surface area contributed by atoms with Gasteiger partial charge in [0.15, 0.2) is 0 Å². The van der Waals surface area contributed by atoms with Crippen LogP contribution in [0.15, 0.2) is 83.7 Å². The third kappa shape index (κ3) is 4.26. The molecule has 1 aromatic heterocycles. The van der Waals surface area contributed by atoms with E-state index in [-0.39, 0.29) is 17.4 Å². The Kier molecular flexibility index (Phi) is 6.92. The molecule has 5 heteroatoms. The molecule has 2 unspecified atom stereocenters. The molecule has 3 aromatic carbocycles. The van der Waals surface area contributed by atoms with Crippen molar-refractivity contribution in [3.8, 4) is 5.69 Å². The fourth-order valence-corrected chi connectivity index (χ4v) is 4.68. The first kappa shape index (κ1) is 23.4. The van der Waals surface area contributed by atoms with E-state index >= 15 is 0 Å². The molecule has 4 rings (SSSR count). The summed E-state index contributed by atoms with van der Waals surface area (Å²) in [5.74, 6) is 0.362. The summed E-state index contributed by atoms with van der Waals surface area (Å²) in [5.41, 5.74) is 3.27. The number of aryl methyl sites for hydroxylation is 1. The highest BCUT2D eigenvalue weighted by Gasteiger charge is 2.30. The highest BCUT2D eigenvalue weighted by molar-refractivity contribution is 5.84. The number of hydrogen-bond donors (Lipinski definition) is 0. The predicted octanol–water partition coefficient (Wildman–Crippen LogP) is 5.80. The third-order valence-corrected chi connectivity index (χ3v) is 6.53. The van der Waals surface area contributed by atoms with Crippen molar-refractivity contribution in [1.29, 1.82) is 0 Å². The number of carbonyl (C=O) groups is 1. The Labute approximate surface area is 200 Å². The lowest BCUT2D eigenvalue weighted by atomic mass is 9.94. The summed E-state index contributed by atoms with van der Waals surface area (Å²) in [6.45, 7) is 8.47. The minimum atomic E-state index is -0.396. The second kappa shape index (κ2) is 10.0. The number of amides is 1. The molecule has 174 valence electrons. The zero-order valence-corrected chi connectivity index (χ0v) is 20.2. The van der Waals surface area contributed by atoms with Gasteiger partial charge in [-0.25, -0.2) is 4.98 Å². The number of carbonyl (C=O) groups excluding carboxylic acids is 1. The summed E-state index contributed by atoms with van der Waals surface area (Å²) in [5, 5.41) is 0.562. The summed E-state index contributed by atoms with van der Waals surface area (Å²) < 4.78 is 1.68. The van der Waals surface area contributed by atoms with E-state index in [0.29, 0.717) is 29.7 Å². The molecule has 0 aliphatic rings. The van der Waals surface area contributed by atoms with Crippen LogP contribution in [-0.2, 0) is 4.79 Å². The summed E-state index contributed by atoms with van der Waals surface area (Å²) in [4.78, 5) is 34.3. The Morgan fingerprint density at radius 2 is 1.59 bits per heavy atom. The predicted molar refractivity (Wildman–Crippen MR) is 137 cm³/mol. The molecule has 0 radical (unpaired) electrons. The Morgan fingerprint density at radius 3 is 2.26 bits per heavy atom. The first-order valence-corrected chi connectivity index (χ1v) is 11.9. The molecule has 0 saturated carbocycles. The van der Waals surface area contributed by atoms with Crippen molar-refractivity contribution >= 4 is 16.8 Å². The van der Waals surface area contributed by atoms with Gasteiger partial charge in [-0.3, -0.25) is 14.2 Å². The first-order valence-electron chi connectivity index (χ1n) is 11.9. The monoisotopic (exact) mass is 453 g/mol. The van der Waals surface area contributed by atoms with Gasteiger partial charge in [0.2, 0.25) is 5.91 Å². The number of aromatic nitrogens is 2. The number of hydrogen-bond acceptors (Lipinski definition) is 3. The van der Waals surface area contributed by atoms with Crippen LogP contribution in [0.5, 0.6) is 0 Å². The Balaban J connectivity index is 1.88. The molecule has 5 nitrogen and oxygen atoms in total. The van der Waals surface area contributed by atoms with E-state index < -0.39 is 6.04 Å². The highest BCUT2D eigenvalue weighted by Crippen LogP contribution is 2.29. The second-order valence-electron chi connectivity index (χ2n) is 8.59. The van der Waals surface area contributed by atoms with Gasteiger partial charge in [-0.05, 0) is 56.5 Å². The molecule has 0 aliphatic carbocycles. The van der Waals surface area contributed by atoms with Gasteiger partial charge in [-0.1, -0.05) is 67.6 Å². The minimum Gasteiger partial charge on any atom is -0.333 e. The van der Waals surface area contributed by atoms with Gasteiger partial charge in [-0.2, -0.15) is 0 Å². The van der Waals surface area contributed by atoms with E-state index in [4.69, 9.17) is 4.98 Å². The standard InChI is InChI=1S/C29H31N3O2/c1-5-23(22-15-8-7-9-16-22)28(33)31(6-2)21(4)27-30-25-18-12-11-17-24(25)29(34)32(27)26-19-13-10-14-20(26)3/h7-19,21,23H,5-6H2,1-4H3. The van der Waals surface area contributed by atoms with Crippen LogP contribution >= 0.6 is 0 Å². The number of benzene rings is 3. The summed E-state index contributed by atoms with van der Waals surface area (Å²) in [6, 6.07) is 24.7. The number of nitrogens with zero attached hydrogens (tertiary/aromatic N) is 3. The Morgan fingerprint density at radius 1 is 0.941 bits per heavy atom. The van der Waals surface area contributed by atoms with Crippen LogP contribution in [0, 0.1) is 6.92 Å². The van der Waals surface area contributed by atoms with E-state index in [9.17, 15) is 9.59 Å². The molecule has 2 atom stereocenters. The van der Waals surface area contributed by atoms with E-state index in [0.717, 1.165) is 16.8 Å². The SMILES string of the molecule is CCC(C(=O)N(CC)C(C)c1nc2ccccc2c(=O)n1-c1ccccc1C)c1ccccc1. The van der Waals surface area contributed by atoms with Gasteiger partial charge in [0.25, 0.3) is 5.56 Å². The van der Waals surface area contributed by atoms with Crippen LogP contribution < -0.4 is 5.56 Å². The van der Waals surface area contributed by atoms with E-state index in [2.05, 4.69) is 0 Å². The van der Waals surface area contributed by atoms with Gasteiger partial charge in [0.05, 0.1) is 28.6 Å². The lowest BCUT2D eigenvalue weighted by molar-refractivity contribution is -0.135. The van der Waals surface area contributed by atoms with Crippen molar-refractivity contribution in [3.05, 3.63) is 106 Å². The third-order valence-electron chi connectivity index (χ3n) is 6.53. The molecular formula is C29H31N3O2. The van der Waals surface area contributed by atoms with Crippen molar-refractivity contribution in [2.75, 3.05) is 6.54 Å². The molecular weight excluding hydrogens is 422 g/mol. The van der Waals surface area contributed by atoms with E-state index in [1.54, 1.807) is 10.6 Å². The van der Waals surface area contributed by atoms with Gasteiger partial charge in [0, 0.05) is 6.54 Å². The van der Waals surface area contributed by atoms with Crippen molar-refractivity contribution in [2.24, 2.45) is 0 Å². The average Bonchev–Trinajstić information content (AvgIpc) is 2.86. The average molecular weight is 454 g/mol. The summed E-state index contributed by atoms with van der Waals surface area (Å²) >= 11 is 0. The lowest BCUT2D eigenvalue weighted by Gasteiger charge is -2.32. The number of likely N-dealkylation sites (N-methyl/N-ethyl adjacent to an activating group) is 1. The molecule has 0 bridgehead atoms. The van der Waals surface area contributed by atoms with Gasteiger partial charge < -0.3 is 4.90 Å². The van der Waals surface area contributed by atoms with Crippen molar-refractivity contribution in [2.45, 2.75) is 46.1 Å². The molecule has 0 N–H and O–H groups in total. The molecule has 1 amide bonds. The highest BCUT2D eigenvalue weighted by atomic mass is 16.2. The maximum atomic E-state index is 13.8. The zero-order chi connectivity index (χ0) is 24.2. The van der Waals surface area contributed by atoms with Crippen molar-refractivity contribution < 1.29 is 4.79 Å². The number of rotatable bonds is 7. The van der Waals surface area contributed by atoms with Gasteiger partial charge in [0.1, 0.15) is 5.82 Å². The van der Waals surface area contributed by atoms with Crippen LogP contribution in [0.25, 0.3) is 16.6 Å². The Bertz CT molecular complexity index is 1360. The number of para-hydroxylation sites is 2. The number of fused-ring (bicyclic) bond motifs is 1. The molecule has 0 spiro atoms. The van der Waals surface area contributed by atoms with Gasteiger partial charge >= 0.3 is 0 Å². The molecule has 4 aromatic rings. The summed E-state index contributed by atoms with van der Waals surface area (Å²) in [6.07, 6.45) is 0.696. The topological polar surface area (TPSA) is 55.2 Å². The van der Waals surface area contributed by atoms with Crippen LogP contribution in [0.4, 0.5) is 0 Å².